The molecule has 5 heterocycles. The number of piperidine rings is 1. The maximum absolute atomic E-state index is 5.50. The molecule has 3 aromatic rings. The van der Waals surface area contributed by atoms with Crippen LogP contribution in [-0.2, 0) is 11.3 Å². The normalized spacial score (nSPS) is 20.0. The van der Waals surface area contributed by atoms with Crippen LogP contribution in [0, 0.1) is 0 Å². The number of ether oxygens (including phenoxy) is 1. The predicted molar refractivity (Wildman–Crippen MR) is 118 cm³/mol. The molecular formula is C23H27N7O. The lowest BCUT2D eigenvalue weighted by Crippen LogP contribution is -2.38. The fourth-order valence-corrected chi connectivity index (χ4v) is 4.42. The SMILES string of the molecule is c1cc(CN2CCCC(c3nc(N4CCOCC4)ncc3-c3cnccn3)C2)ccn1. The molecule has 5 rings (SSSR count). The van der Waals surface area contributed by atoms with Crippen molar-refractivity contribution in [2.75, 3.05) is 44.3 Å². The summed E-state index contributed by atoms with van der Waals surface area (Å²) in [6, 6.07) is 4.19. The van der Waals surface area contributed by atoms with E-state index in [-0.39, 0.29) is 0 Å². The van der Waals surface area contributed by atoms with Crippen molar-refractivity contribution in [2.45, 2.75) is 25.3 Å². The Morgan fingerprint density at radius 2 is 1.81 bits per heavy atom. The zero-order chi connectivity index (χ0) is 20.9. The van der Waals surface area contributed by atoms with Crippen LogP contribution in [0.4, 0.5) is 5.95 Å². The number of hydrogen-bond acceptors (Lipinski definition) is 8. The highest BCUT2D eigenvalue weighted by Crippen LogP contribution is 2.33. The smallest absolute Gasteiger partial charge is 0.225 e. The molecule has 0 amide bonds. The average Bonchev–Trinajstić information content (AvgIpc) is 2.86. The van der Waals surface area contributed by atoms with Crippen molar-refractivity contribution in [3.8, 4) is 11.3 Å². The van der Waals surface area contributed by atoms with Crippen LogP contribution in [0.25, 0.3) is 11.3 Å². The molecule has 3 aromatic heterocycles. The third kappa shape index (κ3) is 4.70. The van der Waals surface area contributed by atoms with Gasteiger partial charge in [0, 0.05) is 68.6 Å². The van der Waals surface area contributed by atoms with Gasteiger partial charge in [-0.1, -0.05) is 0 Å². The molecule has 2 aliphatic heterocycles. The minimum absolute atomic E-state index is 0.329. The van der Waals surface area contributed by atoms with Gasteiger partial charge in [-0.3, -0.25) is 19.9 Å². The Labute approximate surface area is 182 Å². The fourth-order valence-electron chi connectivity index (χ4n) is 4.42. The first kappa shape index (κ1) is 20.0. The third-order valence-electron chi connectivity index (χ3n) is 5.99. The van der Waals surface area contributed by atoms with Crippen molar-refractivity contribution in [3.63, 3.8) is 0 Å². The lowest BCUT2D eigenvalue weighted by molar-refractivity contribution is 0.122. The second-order valence-electron chi connectivity index (χ2n) is 8.09. The highest BCUT2D eigenvalue weighted by Gasteiger charge is 2.27. The molecule has 0 radical (unpaired) electrons. The molecule has 8 heteroatoms. The molecule has 0 aliphatic carbocycles. The molecule has 8 nitrogen and oxygen atoms in total. The van der Waals surface area contributed by atoms with Gasteiger partial charge >= 0.3 is 0 Å². The molecule has 1 unspecified atom stereocenters. The molecule has 160 valence electrons. The zero-order valence-corrected chi connectivity index (χ0v) is 17.6. The lowest BCUT2D eigenvalue weighted by Gasteiger charge is -2.34. The highest BCUT2D eigenvalue weighted by atomic mass is 16.5. The summed E-state index contributed by atoms with van der Waals surface area (Å²) >= 11 is 0. The van der Waals surface area contributed by atoms with Gasteiger partial charge in [-0.15, -0.1) is 0 Å². The van der Waals surface area contributed by atoms with Gasteiger partial charge in [0.25, 0.3) is 0 Å². The zero-order valence-electron chi connectivity index (χ0n) is 17.6. The second kappa shape index (κ2) is 9.45. The molecular weight excluding hydrogens is 390 g/mol. The summed E-state index contributed by atoms with van der Waals surface area (Å²) in [6.45, 7) is 6.07. The number of morpholine rings is 1. The van der Waals surface area contributed by atoms with Crippen LogP contribution in [0.5, 0.6) is 0 Å². The van der Waals surface area contributed by atoms with Crippen LogP contribution >= 0.6 is 0 Å². The van der Waals surface area contributed by atoms with Crippen LogP contribution in [0.15, 0.2) is 49.3 Å². The Hall–Kier alpha value is -2.97. The third-order valence-corrected chi connectivity index (χ3v) is 5.99. The van der Waals surface area contributed by atoms with Crippen LogP contribution in [0.1, 0.15) is 30.0 Å². The number of aromatic nitrogens is 5. The first-order valence-electron chi connectivity index (χ1n) is 10.9. The maximum atomic E-state index is 5.50. The van der Waals surface area contributed by atoms with Gasteiger partial charge < -0.3 is 9.64 Å². The molecule has 31 heavy (non-hydrogen) atoms. The standard InChI is InChI=1S/C23H27N7O/c1-2-19(17-29(9-1)16-18-3-5-24-6-4-18)22-20(21-15-25-7-8-26-21)14-27-23(28-22)30-10-12-31-13-11-30/h3-8,14-15,19H,1-2,9-13,16-17H2. The van der Waals surface area contributed by atoms with Crippen molar-refractivity contribution >= 4 is 5.95 Å². The van der Waals surface area contributed by atoms with Crippen molar-refractivity contribution in [1.29, 1.82) is 0 Å². The Balaban J connectivity index is 1.44. The Morgan fingerprint density at radius 1 is 0.935 bits per heavy atom. The van der Waals surface area contributed by atoms with Gasteiger partial charge in [-0.05, 0) is 37.1 Å². The topological polar surface area (TPSA) is 80.2 Å². The van der Waals surface area contributed by atoms with Crippen molar-refractivity contribution in [3.05, 3.63) is 60.6 Å². The quantitative estimate of drug-likeness (QED) is 0.627. The van der Waals surface area contributed by atoms with E-state index < -0.39 is 0 Å². The molecule has 1 atom stereocenters. The number of hydrogen-bond donors (Lipinski definition) is 0. The highest BCUT2D eigenvalue weighted by molar-refractivity contribution is 5.62. The van der Waals surface area contributed by atoms with Gasteiger partial charge in [-0.2, -0.15) is 0 Å². The monoisotopic (exact) mass is 417 g/mol. The molecule has 0 bridgehead atoms. The van der Waals surface area contributed by atoms with E-state index in [1.165, 1.54) is 5.56 Å². The number of likely N-dealkylation sites (tertiary alicyclic amines) is 1. The summed E-state index contributed by atoms with van der Waals surface area (Å²) < 4.78 is 5.50. The van der Waals surface area contributed by atoms with E-state index in [0.717, 1.165) is 68.5 Å². The number of nitrogens with zero attached hydrogens (tertiary/aromatic N) is 7. The van der Waals surface area contributed by atoms with Crippen LogP contribution in [-0.4, -0.2) is 69.2 Å². The lowest BCUT2D eigenvalue weighted by atomic mass is 9.91. The molecule has 2 saturated heterocycles. The summed E-state index contributed by atoms with van der Waals surface area (Å²) in [5.74, 6) is 1.12. The van der Waals surface area contributed by atoms with Crippen LogP contribution in [0.2, 0.25) is 0 Å². The van der Waals surface area contributed by atoms with Gasteiger partial charge in [0.2, 0.25) is 5.95 Å². The summed E-state index contributed by atoms with van der Waals surface area (Å²) in [5, 5.41) is 0. The van der Waals surface area contributed by atoms with Crippen molar-refractivity contribution in [2.24, 2.45) is 0 Å². The molecule has 2 aliphatic rings. The Morgan fingerprint density at radius 3 is 2.61 bits per heavy atom. The Kier molecular flexibility index (Phi) is 6.08. The van der Waals surface area contributed by atoms with Gasteiger partial charge in [0.15, 0.2) is 0 Å². The molecule has 0 spiro atoms. The van der Waals surface area contributed by atoms with Gasteiger partial charge in [-0.25, -0.2) is 9.97 Å². The van der Waals surface area contributed by atoms with Gasteiger partial charge in [0.1, 0.15) is 0 Å². The van der Waals surface area contributed by atoms with Gasteiger partial charge in [0.05, 0.1) is 30.8 Å². The van der Waals surface area contributed by atoms with E-state index >= 15 is 0 Å². The number of rotatable bonds is 5. The first-order chi connectivity index (χ1) is 15.4. The van der Waals surface area contributed by atoms with E-state index in [4.69, 9.17) is 14.7 Å². The number of anilines is 1. The van der Waals surface area contributed by atoms with E-state index in [2.05, 4.69) is 36.9 Å². The Bertz CT molecular complexity index is 980. The van der Waals surface area contributed by atoms with E-state index in [9.17, 15) is 0 Å². The minimum atomic E-state index is 0.329. The van der Waals surface area contributed by atoms with Crippen LogP contribution < -0.4 is 4.90 Å². The van der Waals surface area contributed by atoms with Crippen LogP contribution in [0.3, 0.4) is 0 Å². The summed E-state index contributed by atoms with van der Waals surface area (Å²) in [4.78, 5) is 27.5. The van der Waals surface area contributed by atoms with E-state index in [1.807, 2.05) is 18.6 Å². The van der Waals surface area contributed by atoms with Crippen molar-refractivity contribution < 1.29 is 4.74 Å². The summed E-state index contributed by atoms with van der Waals surface area (Å²) in [7, 11) is 0. The molecule has 0 N–H and O–H groups in total. The largest absolute Gasteiger partial charge is 0.378 e. The average molecular weight is 418 g/mol. The first-order valence-corrected chi connectivity index (χ1v) is 10.9. The summed E-state index contributed by atoms with van der Waals surface area (Å²) in [6.07, 6.45) is 13.1. The number of pyridine rings is 1. The van der Waals surface area contributed by atoms with E-state index in [0.29, 0.717) is 19.1 Å². The minimum Gasteiger partial charge on any atom is -0.378 e. The summed E-state index contributed by atoms with van der Waals surface area (Å²) in [5.41, 5.74) is 4.19. The molecule has 2 fully saturated rings. The predicted octanol–water partition coefficient (Wildman–Crippen LogP) is 2.54. The molecule has 0 aromatic carbocycles. The maximum Gasteiger partial charge on any atom is 0.225 e. The van der Waals surface area contributed by atoms with E-state index in [1.54, 1.807) is 18.6 Å². The van der Waals surface area contributed by atoms with Crippen molar-refractivity contribution in [1.82, 2.24) is 29.8 Å². The molecule has 0 saturated carbocycles. The second-order valence-corrected chi connectivity index (χ2v) is 8.09. The fraction of sp³-hybridized carbons (Fsp3) is 0.435.